The summed E-state index contributed by atoms with van der Waals surface area (Å²) in [5.74, 6) is 1.39. The normalized spacial score (nSPS) is 11.2. The highest BCUT2D eigenvalue weighted by Gasteiger charge is 2.00. The Morgan fingerprint density at radius 1 is 1.08 bits per heavy atom. The van der Waals surface area contributed by atoms with Gasteiger partial charge in [-0.25, -0.2) is 9.38 Å². The van der Waals surface area contributed by atoms with Crippen LogP contribution >= 0.6 is 0 Å². The number of halogens is 1. The molecule has 0 unspecified atom stereocenters. The third kappa shape index (κ3) is 5.91. The topological polar surface area (TPSA) is 45.7 Å². The lowest BCUT2D eigenvalue weighted by molar-refractivity contribution is 0.414. The average Bonchev–Trinajstić information content (AvgIpc) is 2.61. The Kier molecular flexibility index (Phi) is 7.08. The molecule has 0 saturated carbocycles. The molecule has 0 aliphatic rings. The summed E-state index contributed by atoms with van der Waals surface area (Å²) >= 11 is 0. The summed E-state index contributed by atoms with van der Waals surface area (Å²) < 4.78 is 18.2. The molecule has 4 nitrogen and oxygen atoms in total. The maximum Gasteiger partial charge on any atom is 0.191 e. The maximum absolute atomic E-state index is 12.9. The molecule has 0 amide bonds. The molecule has 0 atom stereocenters. The van der Waals surface area contributed by atoms with Crippen LogP contribution in [0.15, 0.2) is 53.5 Å². The minimum Gasteiger partial charge on any atom is -0.497 e. The van der Waals surface area contributed by atoms with E-state index < -0.39 is 0 Å². The van der Waals surface area contributed by atoms with Gasteiger partial charge in [-0.2, -0.15) is 0 Å². The van der Waals surface area contributed by atoms with E-state index in [2.05, 4.69) is 21.7 Å². The first-order valence-electron chi connectivity index (χ1n) is 8.11. The standard InChI is InChI=1S/C19H24FN3O/c1-3-21-19(23-14-16-7-9-17(20)10-8-16)22-12-11-15-5-4-6-18(13-15)24-2/h4-10,13H,3,11-12,14H2,1-2H3,(H2,21,22,23). The van der Waals surface area contributed by atoms with Crippen LogP contribution in [0.1, 0.15) is 18.1 Å². The number of aliphatic imine (C=N–C) groups is 1. The van der Waals surface area contributed by atoms with Crippen LogP contribution < -0.4 is 15.4 Å². The fraction of sp³-hybridized carbons (Fsp3) is 0.316. The first-order chi connectivity index (χ1) is 11.7. The van der Waals surface area contributed by atoms with Crippen molar-refractivity contribution in [1.29, 1.82) is 0 Å². The van der Waals surface area contributed by atoms with E-state index in [0.29, 0.717) is 6.54 Å². The third-order valence-electron chi connectivity index (χ3n) is 3.52. The van der Waals surface area contributed by atoms with Crippen LogP contribution in [0, 0.1) is 5.82 Å². The van der Waals surface area contributed by atoms with E-state index in [0.717, 1.165) is 36.8 Å². The first-order valence-corrected chi connectivity index (χ1v) is 8.11. The lowest BCUT2D eigenvalue weighted by Crippen LogP contribution is -2.38. The predicted molar refractivity (Wildman–Crippen MR) is 95.9 cm³/mol. The minimum absolute atomic E-state index is 0.231. The summed E-state index contributed by atoms with van der Waals surface area (Å²) in [6.45, 7) is 4.09. The average molecular weight is 329 g/mol. The van der Waals surface area contributed by atoms with Gasteiger partial charge in [0.1, 0.15) is 11.6 Å². The van der Waals surface area contributed by atoms with Crippen molar-refractivity contribution < 1.29 is 9.13 Å². The van der Waals surface area contributed by atoms with Crippen LogP contribution in [-0.2, 0) is 13.0 Å². The Morgan fingerprint density at radius 3 is 2.58 bits per heavy atom. The highest BCUT2D eigenvalue weighted by atomic mass is 19.1. The van der Waals surface area contributed by atoms with Gasteiger partial charge in [-0.1, -0.05) is 24.3 Å². The first kappa shape index (κ1) is 17.8. The largest absolute Gasteiger partial charge is 0.497 e. The van der Waals surface area contributed by atoms with Gasteiger partial charge >= 0.3 is 0 Å². The van der Waals surface area contributed by atoms with E-state index in [1.807, 2.05) is 25.1 Å². The van der Waals surface area contributed by atoms with Crippen molar-refractivity contribution in [2.45, 2.75) is 19.9 Å². The van der Waals surface area contributed by atoms with Gasteiger partial charge in [-0.15, -0.1) is 0 Å². The summed E-state index contributed by atoms with van der Waals surface area (Å²) in [6.07, 6.45) is 0.873. The van der Waals surface area contributed by atoms with Gasteiger partial charge in [-0.3, -0.25) is 0 Å². The van der Waals surface area contributed by atoms with Crippen LogP contribution in [-0.4, -0.2) is 26.2 Å². The van der Waals surface area contributed by atoms with Crippen molar-refractivity contribution in [2.24, 2.45) is 4.99 Å². The number of nitrogens with zero attached hydrogens (tertiary/aromatic N) is 1. The highest BCUT2D eigenvalue weighted by Crippen LogP contribution is 2.12. The molecule has 0 spiro atoms. The quantitative estimate of drug-likeness (QED) is 0.606. The summed E-state index contributed by atoms with van der Waals surface area (Å²) in [6, 6.07) is 14.4. The second kappa shape index (κ2) is 9.55. The Labute approximate surface area is 142 Å². The van der Waals surface area contributed by atoms with Crippen molar-refractivity contribution in [2.75, 3.05) is 20.2 Å². The zero-order valence-corrected chi connectivity index (χ0v) is 14.2. The monoisotopic (exact) mass is 329 g/mol. The van der Waals surface area contributed by atoms with Crippen LogP contribution in [0.2, 0.25) is 0 Å². The molecular formula is C19H24FN3O. The maximum atomic E-state index is 12.9. The molecule has 0 saturated heterocycles. The van der Waals surface area contributed by atoms with Gasteiger partial charge in [0.25, 0.3) is 0 Å². The lowest BCUT2D eigenvalue weighted by atomic mass is 10.1. The van der Waals surface area contributed by atoms with Crippen molar-refractivity contribution in [3.63, 3.8) is 0 Å². The number of hydrogen-bond donors (Lipinski definition) is 2. The Hall–Kier alpha value is -2.56. The van der Waals surface area contributed by atoms with E-state index >= 15 is 0 Å². The van der Waals surface area contributed by atoms with Crippen LogP contribution in [0.3, 0.4) is 0 Å². The molecule has 0 heterocycles. The molecule has 0 bridgehead atoms. The summed E-state index contributed by atoms with van der Waals surface area (Å²) in [4.78, 5) is 4.53. The van der Waals surface area contributed by atoms with E-state index in [9.17, 15) is 4.39 Å². The fourth-order valence-corrected chi connectivity index (χ4v) is 2.26. The molecule has 0 fully saturated rings. The van der Waals surface area contributed by atoms with Crippen LogP contribution in [0.4, 0.5) is 4.39 Å². The van der Waals surface area contributed by atoms with Gasteiger partial charge in [0.05, 0.1) is 13.7 Å². The fourth-order valence-electron chi connectivity index (χ4n) is 2.26. The number of ether oxygens (including phenoxy) is 1. The van der Waals surface area contributed by atoms with Crippen molar-refractivity contribution in [1.82, 2.24) is 10.6 Å². The van der Waals surface area contributed by atoms with E-state index in [4.69, 9.17) is 4.74 Å². The molecule has 0 aliphatic heterocycles. The lowest BCUT2D eigenvalue weighted by Gasteiger charge is -2.11. The SMILES string of the molecule is CCNC(=NCc1ccc(F)cc1)NCCc1cccc(OC)c1. The minimum atomic E-state index is -0.231. The molecule has 5 heteroatoms. The second-order valence-electron chi connectivity index (χ2n) is 5.35. The molecule has 2 aromatic rings. The zero-order chi connectivity index (χ0) is 17.2. The van der Waals surface area contributed by atoms with E-state index in [1.54, 1.807) is 19.2 Å². The van der Waals surface area contributed by atoms with E-state index in [1.165, 1.54) is 17.7 Å². The number of rotatable bonds is 7. The zero-order valence-electron chi connectivity index (χ0n) is 14.2. The molecule has 2 N–H and O–H groups in total. The van der Waals surface area contributed by atoms with Gasteiger partial charge in [-0.05, 0) is 48.7 Å². The van der Waals surface area contributed by atoms with Crippen molar-refractivity contribution >= 4 is 5.96 Å². The van der Waals surface area contributed by atoms with Gasteiger partial charge in [0, 0.05) is 13.1 Å². The van der Waals surface area contributed by atoms with Crippen LogP contribution in [0.25, 0.3) is 0 Å². The number of benzene rings is 2. The van der Waals surface area contributed by atoms with Crippen molar-refractivity contribution in [3.05, 3.63) is 65.5 Å². The number of hydrogen-bond acceptors (Lipinski definition) is 2. The molecule has 0 aromatic heterocycles. The predicted octanol–water partition coefficient (Wildman–Crippen LogP) is 3.13. The Balaban J connectivity index is 1.87. The van der Waals surface area contributed by atoms with Crippen LogP contribution in [0.5, 0.6) is 5.75 Å². The second-order valence-corrected chi connectivity index (χ2v) is 5.35. The number of guanidine groups is 1. The Bertz CT molecular complexity index is 656. The van der Waals surface area contributed by atoms with E-state index in [-0.39, 0.29) is 5.82 Å². The molecule has 24 heavy (non-hydrogen) atoms. The van der Waals surface area contributed by atoms with Crippen molar-refractivity contribution in [3.8, 4) is 5.75 Å². The Morgan fingerprint density at radius 2 is 1.88 bits per heavy atom. The summed E-state index contributed by atoms with van der Waals surface area (Å²) in [5, 5.41) is 6.53. The smallest absolute Gasteiger partial charge is 0.191 e. The molecule has 0 aliphatic carbocycles. The summed E-state index contributed by atoms with van der Waals surface area (Å²) in [5.41, 5.74) is 2.18. The van der Waals surface area contributed by atoms with Gasteiger partial charge in [0.15, 0.2) is 5.96 Å². The molecule has 128 valence electrons. The molecule has 2 aromatic carbocycles. The highest BCUT2D eigenvalue weighted by molar-refractivity contribution is 5.79. The van der Waals surface area contributed by atoms with Gasteiger partial charge in [0.2, 0.25) is 0 Å². The molecular weight excluding hydrogens is 305 g/mol. The molecule has 2 rings (SSSR count). The molecule has 0 radical (unpaired) electrons. The number of nitrogens with one attached hydrogen (secondary N) is 2. The number of methoxy groups -OCH3 is 1. The third-order valence-corrected chi connectivity index (χ3v) is 3.52. The summed E-state index contributed by atoms with van der Waals surface area (Å²) in [7, 11) is 1.67. The van der Waals surface area contributed by atoms with Gasteiger partial charge < -0.3 is 15.4 Å².